The van der Waals surface area contributed by atoms with Gasteiger partial charge in [-0.15, -0.1) is 0 Å². The van der Waals surface area contributed by atoms with Crippen LogP contribution in [0.2, 0.25) is 0 Å². The summed E-state index contributed by atoms with van der Waals surface area (Å²) in [6, 6.07) is 3.58. The maximum Gasteiger partial charge on any atom is 0.246 e. The molecule has 0 saturated heterocycles. The van der Waals surface area contributed by atoms with Crippen LogP contribution in [0.25, 0.3) is 0 Å². The molecule has 0 aromatic heterocycles. The molecule has 0 saturated carbocycles. The van der Waals surface area contributed by atoms with E-state index in [1.165, 1.54) is 0 Å². The predicted octanol–water partition coefficient (Wildman–Crippen LogP) is 2.38. The molecule has 1 aliphatic heterocycles. The minimum Gasteiger partial charge on any atom is -0.491 e. The number of hydrogen-bond donors (Lipinski definition) is 2. The first kappa shape index (κ1) is 16.3. The van der Waals surface area contributed by atoms with Crippen molar-refractivity contribution in [3.63, 3.8) is 0 Å². The molecule has 1 atom stereocenters. The number of halogens is 1. The first-order valence-corrected chi connectivity index (χ1v) is 7.97. The molecule has 116 valence electrons. The Morgan fingerprint density at radius 2 is 2.19 bits per heavy atom. The Hall–Kier alpha value is -1.11. The summed E-state index contributed by atoms with van der Waals surface area (Å²) >= 11 is 3.53. The standard InChI is InChI=1S/C15H22BrN3O2/c1-4-5-17-14-10-8-11(16)13(21-7-6-19(2)3)9-12(10)18-15(14)20/h8-9,14,17H,4-7H2,1-3H3,(H,18,20). The molecule has 2 N–H and O–H groups in total. The number of rotatable bonds is 7. The molecular formula is C15H22BrN3O2. The number of hydrogen-bond acceptors (Lipinski definition) is 4. The number of benzene rings is 1. The van der Waals surface area contributed by atoms with Crippen LogP contribution in [0, 0.1) is 0 Å². The molecule has 1 aliphatic rings. The van der Waals surface area contributed by atoms with Gasteiger partial charge in [0.2, 0.25) is 5.91 Å². The Morgan fingerprint density at radius 3 is 2.86 bits per heavy atom. The third-order valence-corrected chi connectivity index (χ3v) is 3.95. The van der Waals surface area contributed by atoms with E-state index in [1.807, 2.05) is 26.2 Å². The van der Waals surface area contributed by atoms with Gasteiger partial charge < -0.3 is 20.3 Å². The number of nitrogens with zero attached hydrogens (tertiary/aromatic N) is 1. The summed E-state index contributed by atoms with van der Waals surface area (Å²) in [5.74, 6) is 0.753. The molecular weight excluding hydrogens is 334 g/mol. The number of amides is 1. The van der Waals surface area contributed by atoms with Crippen molar-refractivity contribution in [3.8, 4) is 5.75 Å². The molecule has 5 nitrogen and oxygen atoms in total. The van der Waals surface area contributed by atoms with Gasteiger partial charge in [0.1, 0.15) is 18.4 Å². The van der Waals surface area contributed by atoms with Crippen LogP contribution in [0.15, 0.2) is 16.6 Å². The highest BCUT2D eigenvalue weighted by Gasteiger charge is 2.31. The van der Waals surface area contributed by atoms with E-state index in [4.69, 9.17) is 4.74 Å². The Balaban J connectivity index is 2.12. The zero-order chi connectivity index (χ0) is 15.4. The molecule has 1 unspecified atom stereocenters. The van der Waals surface area contributed by atoms with Crippen molar-refractivity contribution in [2.75, 3.05) is 39.1 Å². The lowest BCUT2D eigenvalue weighted by Gasteiger charge is -2.14. The van der Waals surface area contributed by atoms with Crippen LogP contribution >= 0.6 is 15.9 Å². The number of likely N-dealkylation sites (N-methyl/N-ethyl adjacent to an activating group) is 1. The van der Waals surface area contributed by atoms with E-state index in [1.54, 1.807) is 0 Å². The Bertz CT molecular complexity index is 520. The summed E-state index contributed by atoms with van der Waals surface area (Å²) in [4.78, 5) is 14.1. The molecule has 1 amide bonds. The zero-order valence-corrected chi connectivity index (χ0v) is 14.3. The minimum absolute atomic E-state index is 0.00390. The average Bonchev–Trinajstić information content (AvgIpc) is 2.71. The number of carbonyl (C=O) groups is 1. The molecule has 1 aromatic carbocycles. The second-order valence-electron chi connectivity index (χ2n) is 5.40. The van der Waals surface area contributed by atoms with Gasteiger partial charge in [-0.3, -0.25) is 4.79 Å². The SMILES string of the molecule is CCCNC1C(=O)Nc2cc(OCCN(C)C)c(Br)cc21. The lowest BCUT2D eigenvalue weighted by molar-refractivity contribution is -0.117. The Labute approximate surface area is 134 Å². The van der Waals surface area contributed by atoms with Gasteiger partial charge in [0, 0.05) is 23.9 Å². The first-order valence-electron chi connectivity index (χ1n) is 7.18. The van der Waals surface area contributed by atoms with Gasteiger partial charge in [0.05, 0.1) is 4.47 Å². The van der Waals surface area contributed by atoms with Crippen LogP contribution < -0.4 is 15.4 Å². The lowest BCUT2D eigenvalue weighted by Crippen LogP contribution is -2.28. The fourth-order valence-corrected chi connectivity index (χ4v) is 2.68. The maximum absolute atomic E-state index is 12.0. The van der Waals surface area contributed by atoms with Crippen molar-refractivity contribution in [2.24, 2.45) is 0 Å². The Kier molecular flexibility index (Phi) is 5.61. The van der Waals surface area contributed by atoms with Gasteiger partial charge in [-0.2, -0.15) is 0 Å². The molecule has 1 aromatic rings. The highest BCUT2D eigenvalue weighted by Crippen LogP contribution is 2.38. The molecule has 0 spiro atoms. The molecule has 0 bridgehead atoms. The van der Waals surface area contributed by atoms with Crippen LogP contribution in [-0.4, -0.2) is 44.6 Å². The second-order valence-corrected chi connectivity index (χ2v) is 6.25. The van der Waals surface area contributed by atoms with Gasteiger partial charge in [0.15, 0.2) is 0 Å². The molecule has 0 fully saturated rings. The molecule has 21 heavy (non-hydrogen) atoms. The number of nitrogens with one attached hydrogen (secondary N) is 2. The minimum atomic E-state index is -0.271. The molecule has 6 heteroatoms. The van der Waals surface area contributed by atoms with E-state index in [-0.39, 0.29) is 11.9 Å². The van der Waals surface area contributed by atoms with Crippen molar-refractivity contribution in [2.45, 2.75) is 19.4 Å². The lowest BCUT2D eigenvalue weighted by atomic mass is 10.1. The highest BCUT2D eigenvalue weighted by atomic mass is 79.9. The van der Waals surface area contributed by atoms with Crippen LogP contribution in [-0.2, 0) is 4.79 Å². The summed E-state index contributed by atoms with van der Waals surface area (Å²) < 4.78 is 6.64. The fraction of sp³-hybridized carbons (Fsp3) is 0.533. The van der Waals surface area contributed by atoms with Crippen molar-refractivity contribution >= 4 is 27.5 Å². The van der Waals surface area contributed by atoms with E-state index in [2.05, 4.69) is 38.4 Å². The molecule has 0 aliphatic carbocycles. The summed E-state index contributed by atoms with van der Waals surface area (Å²) in [6.07, 6.45) is 0.992. The van der Waals surface area contributed by atoms with E-state index >= 15 is 0 Å². The third kappa shape index (κ3) is 3.96. The number of anilines is 1. The molecule has 2 rings (SSSR count). The average molecular weight is 356 g/mol. The quantitative estimate of drug-likeness (QED) is 0.788. The zero-order valence-electron chi connectivity index (χ0n) is 12.7. The van der Waals surface area contributed by atoms with Gasteiger partial charge in [-0.25, -0.2) is 0 Å². The topological polar surface area (TPSA) is 53.6 Å². The largest absolute Gasteiger partial charge is 0.491 e. The van der Waals surface area contributed by atoms with Crippen LogP contribution in [0.1, 0.15) is 24.9 Å². The number of carbonyl (C=O) groups excluding carboxylic acids is 1. The number of ether oxygens (including phenoxy) is 1. The van der Waals surface area contributed by atoms with Crippen LogP contribution in [0.3, 0.4) is 0 Å². The van der Waals surface area contributed by atoms with Crippen molar-refractivity contribution < 1.29 is 9.53 Å². The smallest absolute Gasteiger partial charge is 0.246 e. The van der Waals surface area contributed by atoms with Gasteiger partial charge in [0.25, 0.3) is 0 Å². The van der Waals surface area contributed by atoms with E-state index in [9.17, 15) is 4.79 Å². The van der Waals surface area contributed by atoms with E-state index in [0.717, 1.165) is 41.0 Å². The maximum atomic E-state index is 12.0. The predicted molar refractivity (Wildman–Crippen MR) is 87.9 cm³/mol. The monoisotopic (exact) mass is 355 g/mol. The summed E-state index contributed by atoms with van der Waals surface area (Å²) in [6.45, 7) is 4.35. The normalized spacial score (nSPS) is 17.0. The summed E-state index contributed by atoms with van der Waals surface area (Å²) in [5.41, 5.74) is 1.80. The van der Waals surface area contributed by atoms with Crippen molar-refractivity contribution in [1.82, 2.24) is 10.2 Å². The first-order chi connectivity index (χ1) is 10.0. The second kappa shape index (κ2) is 7.24. The number of fused-ring (bicyclic) bond motifs is 1. The Morgan fingerprint density at radius 1 is 1.43 bits per heavy atom. The highest BCUT2D eigenvalue weighted by molar-refractivity contribution is 9.10. The fourth-order valence-electron chi connectivity index (χ4n) is 2.20. The van der Waals surface area contributed by atoms with Crippen molar-refractivity contribution in [1.29, 1.82) is 0 Å². The van der Waals surface area contributed by atoms with Crippen LogP contribution in [0.5, 0.6) is 5.75 Å². The molecule has 0 radical (unpaired) electrons. The van der Waals surface area contributed by atoms with Crippen molar-refractivity contribution in [3.05, 3.63) is 22.2 Å². The summed E-state index contributed by atoms with van der Waals surface area (Å²) in [5, 5.41) is 6.17. The summed E-state index contributed by atoms with van der Waals surface area (Å²) in [7, 11) is 4.01. The third-order valence-electron chi connectivity index (χ3n) is 3.33. The van der Waals surface area contributed by atoms with E-state index in [0.29, 0.717) is 6.61 Å². The van der Waals surface area contributed by atoms with Crippen LogP contribution in [0.4, 0.5) is 5.69 Å². The van der Waals surface area contributed by atoms with E-state index < -0.39 is 0 Å². The molecule has 1 heterocycles. The van der Waals surface area contributed by atoms with Gasteiger partial charge in [-0.1, -0.05) is 6.92 Å². The van der Waals surface area contributed by atoms with Gasteiger partial charge >= 0.3 is 0 Å². The van der Waals surface area contributed by atoms with Gasteiger partial charge in [-0.05, 0) is 49.1 Å².